The Morgan fingerprint density at radius 1 is 0.935 bits per heavy atom. The molecule has 31 heavy (non-hydrogen) atoms. The Labute approximate surface area is 179 Å². The van der Waals surface area contributed by atoms with Gasteiger partial charge in [-0.2, -0.15) is 0 Å². The van der Waals surface area contributed by atoms with E-state index in [0.29, 0.717) is 24.1 Å². The van der Waals surface area contributed by atoms with Gasteiger partial charge < -0.3 is 9.30 Å². The number of aromatic nitrogens is 3. The van der Waals surface area contributed by atoms with E-state index in [1.54, 1.807) is 11.6 Å². The molecule has 5 rings (SSSR count). The topological polar surface area (TPSA) is 58.2 Å². The molecular formula is C25H23N3O3. The molecule has 6 heteroatoms. The Kier molecular flexibility index (Phi) is 4.71. The molecule has 1 aliphatic heterocycles. The molecule has 0 spiro atoms. The fourth-order valence-electron chi connectivity index (χ4n) is 4.42. The lowest BCUT2D eigenvalue weighted by molar-refractivity contribution is 0.0532. The van der Waals surface area contributed by atoms with Crippen LogP contribution >= 0.6 is 0 Å². The Morgan fingerprint density at radius 2 is 1.61 bits per heavy atom. The number of fused-ring (bicyclic) bond motifs is 3. The number of rotatable bonds is 3. The van der Waals surface area contributed by atoms with Crippen LogP contribution in [0.5, 0.6) is 0 Å². The second kappa shape index (κ2) is 7.56. The molecule has 6 nitrogen and oxygen atoms in total. The predicted octanol–water partition coefficient (Wildman–Crippen LogP) is 3.49. The minimum absolute atomic E-state index is 0.287. The van der Waals surface area contributed by atoms with E-state index >= 15 is 0 Å². The Morgan fingerprint density at radius 3 is 2.32 bits per heavy atom. The summed E-state index contributed by atoms with van der Waals surface area (Å²) in [5.74, 6) is 0. The monoisotopic (exact) mass is 413 g/mol. The molecule has 0 saturated heterocycles. The summed E-state index contributed by atoms with van der Waals surface area (Å²) < 4.78 is 11.0. The largest absolute Gasteiger partial charge is 0.366 e. The molecule has 156 valence electrons. The molecule has 0 bridgehead atoms. The van der Waals surface area contributed by atoms with Gasteiger partial charge in [0.25, 0.3) is 5.56 Å². The molecular weight excluding hydrogens is 390 g/mol. The van der Waals surface area contributed by atoms with Crippen LogP contribution in [0.4, 0.5) is 0 Å². The van der Waals surface area contributed by atoms with Crippen LogP contribution in [0.3, 0.4) is 0 Å². The van der Waals surface area contributed by atoms with Crippen molar-refractivity contribution in [2.45, 2.75) is 12.6 Å². The number of aryl methyl sites for hydroxylation is 1. The van der Waals surface area contributed by atoms with Crippen molar-refractivity contribution in [3.8, 4) is 11.3 Å². The summed E-state index contributed by atoms with van der Waals surface area (Å²) in [5, 5.41) is 0.550. The van der Waals surface area contributed by atoms with E-state index in [1.807, 2.05) is 72.8 Å². The number of hydrogen-bond donors (Lipinski definition) is 0. The van der Waals surface area contributed by atoms with Crippen molar-refractivity contribution in [1.82, 2.24) is 13.7 Å². The predicted molar refractivity (Wildman–Crippen MR) is 122 cm³/mol. The lowest BCUT2D eigenvalue weighted by atomic mass is 10.1. The van der Waals surface area contributed by atoms with Gasteiger partial charge in [0.15, 0.2) is 0 Å². The SMILES string of the molecule is Cn1c(=O)c2c(-c3ccccc3)n3c(c2n(C)c1=O)C(/C=C/c1ccccc1)OCC3. The molecule has 0 radical (unpaired) electrons. The first-order valence-electron chi connectivity index (χ1n) is 10.3. The molecule has 0 fully saturated rings. The van der Waals surface area contributed by atoms with Crippen molar-refractivity contribution >= 4 is 17.0 Å². The van der Waals surface area contributed by atoms with Crippen molar-refractivity contribution in [2.75, 3.05) is 6.61 Å². The summed E-state index contributed by atoms with van der Waals surface area (Å²) in [5.41, 5.74) is 3.68. The van der Waals surface area contributed by atoms with Crippen LogP contribution in [0.2, 0.25) is 0 Å². The third-order valence-corrected chi connectivity index (χ3v) is 5.90. The van der Waals surface area contributed by atoms with Gasteiger partial charge in [0.2, 0.25) is 0 Å². The maximum absolute atomic E-state index is 13.3. The number of nitrogens with zero attached hydrogens (tertiary/aromatic N) is 3. The van der Waals surface area contributed by atoms with Gasteiger partial charge >= 0.3 is 5.69 Å². The molecule has 2 aromatic heterocycles. The van der Waals surface area contributed by atoms with Gasteiger partial charge in [-0.25, -0.2) is 4.79 Å². The quantitative estimate of drug-likeness (QED) is 0.517. The van der Waals surface area contributed by atoms with Crippen LogP contribution in [-0.4, -0.2) is 20.3 Å². The summed E-state index contributed by atoms with van der Waals surface area (Å²) in [4.78, 5) is 26.1. The number of benzene rings is 2. The lowest BCUT2D eigenvalue weighted by Crippen LogP contribution is -2.37. The molecule has 2 aromatic carbocycles. The Hall–Kier alpha value is -3.64. The summed E-state index contributed by atoms with van der Waals surface area (Å²) in [7, 11) is 3.24. The second-order valence-electron chi connectivity index (χ2n) is 7.74. The fourth-order valence-corrected chi connectivity index (χ4v) is 4.42. The van der Waals surface area contributed by atoms with Crippen LogP contribution in [0, 0.1) is 0 Å². The third kappa shape index (κ3) is 3.07. The van der Waals surface area contributed by atoms with Gasteiger partial charge in [-0.1, -0.05) is 66.7 Å². The first-order chi connectivity index (χ1) is 15.1. The minimum atomic E-state index is -0.369. The van der Waals surface area contributed by atoms with Crippen molar-refractivity contribution in [2.24, 2.45) is 14.1 Å². The van der Waals surface area contributed by atoms with E-state index < -0.39 is 0 Å². The van der Waals surface area contributed by atoms with Crippen LogP contribution in [0.1, 0.15) is 17.4 Å². The van der Waals surface area contributed by atoms with Crippen LogP contribution in [0.15, 0.2) is 76.3 Å². The van der Waals surface area contributed by atoms with E-state index in [4.69, 9.17) is 4.74 Å². The molecule has 1 unspecified atom stereocenters. The average molecular weight is 413 g/mol. The maximum Gasteiger partial charge on any atom is 0.331 e. The van der Waals surface area contributed by atoms with Gasteiger partial charge in [0, 0.05) is 20.6 Å². The Bertz CT molecular complexity index is 1410. The van der Waals surface area contributed by atoms with Crippen molar-refractivity contribution in [3.05, 3.63) is 98.8 Å². The smallest absolute Gasteiger partial charge is 0.331 e. The van der Waals surface area contributed by atoms with Gasteiger partial charge in [-0.05, 0) is 17.2 Å². The van der Waals surface area contributed by atoms with Crippen molar-refractivity contribution in [3.63, 3.8) is 0 Å². The lowest BCUT2D eigenvalue weighted by Gasteiger charge is -2.25. The summed E-state index contributed by atoms with van der Waals surface area (Å²) in [6, 6.07) is 19.9. The standard InChI is InChI=1S/C25H23N3O3/c1-26-23-20(24(29)27(2)25(26)30)21(18-11-7-4-8-12-18)28-15-16-31-19(22(23)28)14-13-17-9-5-3-6-10-17/h3-14,19H,15-16H2,1-2H3/b14-13+. The Balaban J connectivity index is 1.83. The van der Waals surface area contributed by atoms with E-state index in [-0.39, 0.29) is 17.4 Å². The highest BCUT2D eigenvalue weighted by Gasteiger charge is 2.30. The van der Waals surface area contributed by atoms with Crippen molar-refractivity contribution in [1.29, 1.82) is 0 Å². The summed E-state index contributed by atoms with van der Waals surface area (Å²) in [6.45, 7) is 1.13. The van der Waals surface area contributed by atoms with Crippen LogP contribution in [-0.2, 0) is 25.4 Å². The van der Waals surface area contributed by atoms with E-state index in [1.165, 1.54) is 11.6 Å². The summed E-state index contributed by atoms with van der Waals surface area (Å²) in [6.07, 6.45) is 3.64. The summed E-state index contributed by atoms with van der Waals surface area (Å²) >= 11 is 0. The highest BCUT2D eigenvalue weighted by Crippen LogP contribution is 2.38. The molecule has 0 N–H and O–H groups in total. The normalized spacial score (nSPS) is 16.1. The molecule has 0 saturated carbocycles. The van der Waals surface area contributed by atoms with Crippen LogP contribution < -0.4 is 11.2 Å². The van der Waals surface area contributed by atoms with E-state index in [9.17, 15) is 9.59 Å². The number of hydrogen-bond acceptors (Lipinski definition) is 3. The van der Waals surface area contributed by atoms with Gasteiger partial charge in [-0.15, -0.1) is 0 Å². The first kappa shape index (κ1) is 19.3. The zero-order valence-electron chi connectivity index (χ0n) is 17.5. The van der Waals surface area contributed by atoms with Gasteiger partial charge in [-0.3, -0.25) is 13.9 Å². The zero-order chi connectivity index (χ0) is 21.5. The fraction of sp³-hybridized carbons (Fsp3) is 0.200. The van der Waals surface area contributed by atoms with E-state index in [0.717, 1.165) is 22.5 Å². The van der Waals surface area contributed by atoms with Gasteiger partial charge in [0.1, 0.15) is 6.10 Å². The second-order valence-corrected chi connectivity index (χ2v) is 7.74. The van der Waals surface area contributed by atoms with Crippen LogP contribution in [0.25, 0.3) is 28.2 Å². The molecule has 1 aliphatic rings. The molecule has 0 amide bonds. The average Bonchev–Trinajstić information content (AvgIpc) is 3.17. The molecule has 1 atom stereocenters. The molecule has 3 heterocycles. The first-order valence-corrected chi connectivity index (χ1v) is 10.3. The molecule has 4 aromatic rings. The number of ether oxygens (including phenoxy) is 1. The third-order valence-electron chi connectivity index (χ3n) is 5.90. The van der Waals surface area contributed by atoms with E-state index in [2.05, 4.69) is 4.57 Å². The highest BCUT2D eigenvalue weighted by molar-refractivity contribution is 5.96. The maximum atomic E-state index is 13.3. The molecule has 0 aliphatic carbocycles. The highest BCUT2D eigenvalue weighted by atomic mass is 16.5. The van der Waals surface area contributed by atoms with Gasteiger partial charge in [0.05, 0.1) is 28.9 Å². The van der Waals surface area contributed by atoms with Crippen molar-refractivity contribution < 1.29 is 4.74 Å². The zero-order valence-corrected chi connectivity index (χ0v) is 17.5. The minimum Gasteiger partial charge on any atom is -0.366 e.